The molecule has 0 saturated carbocycles. The maximum absolute atomic E-state index is 5.70. The summed E-state index contributed by atoms with van der Waals surface area (Å²) in [4.78, 5) is 14.6. The minimum absolute atomic E-state index is 0.0189. The van der Waals surface area contributed by atoms with Crippen molar-refractivity contribution in [1.82, 2.24) is 15.0 Å². The monoisotopic (exact) mass is 253 g/mol. The molecular formula is C12H23N5O. The molecule has 6 nitrogen and oxygen atoms in total. The fraction of sp³-hybridized carbons (Fsp3) is 0.750. The first kappa shape index (κ1) is 14.5. The van der Waals surface area contributed by atoms with Crippen LogP contribution in [0.4, 0.5) is 11.9 Å². The molecule has 0 aromatic carbocycles. The van der Waals surface area contributed by atoms with Crippen molar-refractivity contribution < 1.29 is 4.74 Å². The summed E-state index contributed by atoms with van der Waals surface area (Å²) >= 11 is 0. The van der Waals surface area contributed by atoms with E-state index < -0.39 is 0 Å². The van der Waals surface area contributed by atoms with Gasteiger partial charge in [0.05, 0.1) is 6.10 Å². The van der Waals surface area contributed by atoms with Gasteiger partial charge in [0.2, 0.25) is 11.9 Å². The Morgan fingerprint density at radius 2 is 1.72 bits per heavy atom. The summed E-state index contributed by atoms with van der Waals surface area (Å²) in [5.41, 5.74) is 5.70. The molecular weight excluding hydrogens is 230 g/mol. The molecule has 1 aromatic rings. The molecule has 0 atom stereocenters. The van der Waals surface area contributed by atoms with Crippen LogP contribution in [-0.4, -0.2) is 34.1 Å². The lowest BCUT2D eigenvalue weighted by molar-refractivity contribution is 0.222. The first-order valence-electron chi connectivity index (χ1n) is 6.50. The molecule has 0 unspecified atom stereocenters. The normalized spacial score (nSPS) is 10.7. The van der Waals surface area contributed by atoms with Crippen LogP contribution < -0.4 is 15.4 Å². The second-order valence-corrected chi connectivity index (χ2v) is 4.43. The molecule has 0 saturated heterocycles. The van der Waals surface area contributed by atoms with Gasteiger partial charge >= 0.3 is 6.01 Å². The zero-order valence-electron chi connectivity index (χ0n) is 11.7. The SMILES string of the molecule is CCCN(CCC)c1nc(N)nc(OC(C)C)n1. The summed E-state index contributed by atoms with van der Waals surface area (Å²) in [7, 11) is 0. The summed E-state index contributed by atoms with van der Waals surface area (Å²) in [6, 6.07) is 0.296. The maximum atomic E-state index is 5.70. The lowest BCUT2D eigenvalue weighted by Crippen LogP contribution is -2.27. The van der Waals surface area contributed by atoms with Gasteiger partial charge in [-0.25, -0.2) is 0 Å². The molecule has 102 valence electrons. The maximum Gasteiger partial charge on any atom is 0.323 e. The number of aromatic nitrogens is 3. The Morgan fingerprint density at radius 1 is 1.11 bits per heavy atom. The number of nitrogen functional groups attached to an aromatic ring is 1. The van der Waals surface area contributed by atoms with Gasteiger partial charge < -0.3 is 15.4 Å². The highest BCUT2D eigenvalue weighted by Crippen LogP contribution is 2.15. The zero-order valence-corrected chi connectivity index (χ0v) is 11.7. The van der Waals surface area contributed by atoms with E-state index in [0.29, 0.717) is 12.0 Å². The van der Waals surface area contributed by atoms with Crippen molar-refractivity contribution in [3.05, 3.63) is 0 Å². The molecule has 1 aromatic heterocycles. The van der Waals surface area contributed by atoms with Gasteiger partial charge in [-0.3, -0.25) is 0 Å². The first-order valence-corrected chi connectivity index (χ1v) is 6.50. The Hall–Kier alpha value is -1.59. The Labute approximate surface area is 109 Å². The fourth-order valence-electron chi connectivity index (χ4n) is 1.62. The fourth-order valence-corrected chi connectivity index (χ4v) is 1.62. The molecule has 0 radical (unpaired) electrons. The van der Waals surface area contributed by atoms with Crippen LogP contribution in [0.5, 0.6) is 6.01 Å². The predicted octanol–water partition coefficient (Wildman–Crippen LogP) is 1.87. The van der Waals surface area contributed by atoms with E-state index >= 15 is 0 Å². The minimum atomic E-state index is 0.0189. The molecule has 0 aliphatic carbocycles. The second-order valence-electron chi connectivity index (χ2n) is 4.43. The summed E-state index contributed by atoms with van der Waals surface area (Å²) in [5, 5.41) is 0. The lowest BCUT2D eigenvalue weighted by atomic mass is 10.4. The van der Waals surface area contributed by atoms with Gasteiger partial charge in [0, 0.05) is 13.1 Å². The number of hydrogen-bond donors (Lipinski definition) is 1. The third-order valence-corrected chi connectivity index (χ3v) is 2.23. The molecule has 2 N–H and O–H groups in total. The molecule has 1 rings (SSSR count). The quantitative estimate of drug-likeness (QED) is 0.799. The van der Waals surface area contributed by atoms with E-state index in [9.17, 15) is 0 Å². The van der Waals surface area contributed by atoms with E-state index in [1.54, 1.807) is 0 Å². The molecule has 0 fully saturated rings. The predicted molar refractivity (Wildman–Crippen MR) is 72.8 cm³/mol. The van der Waals surface area contributed by atoms with Gasteiger partial charge in [0.15, 0.2) is 0 Å². The third kappa shape index (κ3) is 4.35. The summed E-state index contributed by atoms with van der Waals surface area (Å²) in [6.45, 7) is 9.90. The zero-order chi connectivity index (χ0) is 13.5. The Morgan fingerprint density at radius 3 is 2.22 bits per heavy atom. The van der Waals surface area contributed by atoms with Crippen molar-refractivity contribution in [3.8, 4) is 6.01 Å². The Kier molecular flexibility index (Phi) is 5.61. The highest BCUT2D eigenvalue weighted by Gasteiger charge is 2.12. The molecule has 1 heterocycles. The highest BCUT2D eigenvalue weighted by atomic mass is 16.5. The Bertz CT molecular complexity index is 363. The van der Waals surface area contributed by atoms with E-state index in [0.717, 1.165) is 25.9 Å². The van der Waals surface area contributed by atoms with E-state index in [4.69, 9.17) is 10.5 Å². The number of nitrogens with two attached hydrogens (primary N) is 1. The van der Waals surface area contributed by atoms with Crippen molar-refractivity contribution in [1.29, 1.82) is 0 Å². The molecule has 0 spiro atoms. The van der Waals surface area contributed by atoms with Gasteiger partial charge in [-0.15, -0.1) is 0 Å². The van der Waals surface area contributed by atoms with Crippen molar-refractivity contribution in [3.63, 3.8) is 0 Å². The molecule has 0 bridgehead atoms. The lowest BCUT2D eigenvalue weighted by Gasteiger charge is -2.21. The largest absolute Gasteiger partial charge is 0.461 e. The number of ether oxygens (including phenoxy) is 1. The van der Waals surface area contributed by atoms with Crippen LogP contribution in [-0.2, 0) is 0 Å². The standard InChI is InChI=1S/C12H23N5O/c1-5-7-17(8-6-2)11-14-10(13)15-12(16-11)18-9(3)4/h9H,5-8H2,1-4H3,(H2,13,14,15,16). The summed E-state index contributed by atoms with van der Waals surface area (Å²) < 4.78 is 5.47. The van der Waals surface area contributed by atoms with E-state index in [1.165, 1.54) is 0 Å². The van der Waals surface area contributed by atoms with Crippen LogP contribution in [0.2, 0.25) is 0 Å². The molecule has 6 heteroatoms. The number of nitrogens with zero attached hydrogens (tertiary/aromatic N) is 4. The smallest absolute Gasteiger partial charge is 0.323 e. The van der Waals surface area contributed by atoms with Crippen LogP contribution in [0, 0.1) is 0 Å². The van der Waals surface area contributed by atoms with Crippen LogP contribution in [0.1, 0.15) is 40.5 Å². The van der Waals surface area contributed by atoms with Crippen LogP contribution >= 0.6 is 0 Å². The molecule has 0 amide bonds. The summed E-state index contributed by atoms with van der Waals surface area (Å²) in [5.74, 6) is 0.801. The van der Waals surface area contributed by atoms with Gasteiger partial charge in [-0.2, -0.15) is 15.0 Å². The van der Waals surface area contributed by atoms with Gasteiger partial charge in [0.25, 0.3) is 0 Å². The molecule has 18 heavy (non-hydrogen) atoms. The van der Waals surface area contributed by atoms with Crippen LogP contribution in [0.25, 0.3) is 0 Å². The van der Waals surface area contributed by atoms with Gasteiger partial charge in [-0.1, -0.05) is 13.8 Å². The topological polar surface area (TPSA) is 77.2 Å². The second kappa shape index (κ2) is 6.98. The van der Waals surface area contributed by atoms with E-state index in [-0.39, 0.29) is 12.1 Å². The van der Waals surface area contributed by atoms with Gasteiger partial charge in [0.1, 0.15) is 0 Å². The number of hydrogen-bond acceptors (Lipinski definition) is 6. The number of anilines is 2. The molecule has 0 aliphatic heterocycles. The van der Waals surface area contributed by atoms with Gasteiger partial charge in [-0.05, 0) is 26.7 Å². The Balaban J connectivity index is 2.94. The van der Waals surface area contributed by atoms with Crippen molar-refractivity contribution in [2.75, 3.05) is 23.7 Å². The highest BCUT2D eigenvalue weighted by molar-refractivity contribution is 5.35. The molecule has 0 aliphatic rings. The summed E-state index contributed by atoms with van der Waals surface area (Å²) in [6.07, 6.45) is 2.09. The van der Waals surface area contributed by atoms with Crippen LogP contribution in [0.3, 0.4) is 0 Å². The average Bonchev–Trinajstić information content (AvgIpc) is 2.27. The first-order chi connectivity index (χ1) is 8.56. The van der Waals surface area contributed by atoms with Crippen molar-refractivity contribution in [2.45, 2.75) is 46.6 Å². The van der Waals surface area contributed by atoms with E-state index in [2.05, 4.69) is 33.7 Å². The third-order valence-electron chi connectivity index (χ3n) is 2.23. The van der Waals surface area contributed by atoms with E-state index in [1.807, 2.05) is 13.8 Å². The van der Waals surface area contributed by atoms with Crippen molar-refractivity contribution in [2.24, 2.45) is 0 Å². The van der Waals surface area contributed by atoms with Crippen LogP contribution in [0.15, 0.2) is 0 Å². The number of rotatable bonds is 7. The average molecular weight is 253 g/mol. The van der Waals surface area contributed by atoms with Crippen molar-refractivity contribution >= 4 is 11.9 Å². The minimum Gasteiger partial charge on any atom is -0.461 e.